The van der Waals surface area contributed by atoms with E-state index in [9.17, 15) is 4.79 Å². The predicted octanol–water partition coefficient (Wildman–Crippen LogP) is 2.58. The van der Waals surface area contributed by atoms with Gasteiger partial charge in [0.2, 0.25) is 5.91 Å². The zero-order valence-corrected chi connectivity index (χ0v) is 13.2. The Morgan fingerprint density at radius 3 is 2.71 bits per heavy atom. The molecule has 6 heteroatoms. The van der Waals surface area contributed by atoms with Gasteiger partial charge in [-0.15, -0.1) is 12.4 Å². The molecule has 0 aromatic heterocycles. The molecule has 0 radical (unpaired) electrons. The lowest BCUT2D eigenvalue weighted by Gasteiger charge is -2.14. The van der Waals surface area contributed by atoms with E-state index in [0.29, 0.717) is 18.1 Å². The number of hydrogen-bond acceptors (Lipinski definition) is 4. The quantitative estimate of drug-likeness (QED) is 0.876. The molecule has 21 heavy (non-hydrogen) atoms. The lowest BCUT2D eigenvalue weighted by Crippen LogP contribution is -2.23. The zero-order chi connectivity index (χ0) is 14.5. The van der Waals surface area contributed by atoms with Gasteiger partial charge in [0.15, 0.2) is 11.5 Å². The number of hydrogen-bond donors (Lipinski definition) is 2. The van der Waals surface area contributed by atoms with Crippen molar-refractivity contribution in [1.29, 1.82) is 0 Å². The number of rotatable bonds is 5. The molecular formula is C15H23ClN2O3. The molecule has 2 rings (SSSR count). The zero-order valence-electron chi connectivity index (χ0n) is 12.4. The smallest absolute Gasteiger partial charge is 0.227 e. The van der Waals surface area contributed by atoms with E-state index < -0.39 is 0 Å². The van der Waals surface area contributed by atoms with Crippen molar-refractivity contribution in [1.82, 2.24) is 0 Å². The van der Waals surface area contributed by atoms with E-state index in [2.05, 4.69) is 5.32 Å². The lowest BCUT2D eigenvalue weighted by atomic mass is 10.1. The maximum absolute atomic E-state index is 12.1. The fraction of sp³-hybridized carbons (Fsp3) is 0.533. The molecule has 0 saturated heterocycles. The molecule has 5 nitrogen and oxygen atoms in total. The van der Waals surface area contributed by atoms with E-state index in [0.717, 1.165) is 24.9 Å². The number of methoxy groups -OCH3 is 1. The highest BCUT2D eigenvalue weighted by Crippen LogP contribution is 2.31. The van der Waals surface area contributed by atoms with E-state index in [1.807, 2.05) is 13.0 Å². The van der Waals surface area contributed by atoms with E-state index in [1.165, 1.54) is 0 Å². The third-order valence-corrected chi connectivity index (χ3v) is 3.57. The van der Waals surface area contributed by atoms with Gasteiger partial charge in [-0.3, -0.25) is 4.79 Å². The molecule has 2 unspecified atom stereocenters. The molecule has 1 aromatic carbocycles. The second-order valence-electron chi connectivity index (χ2n) is 5.06. The van der Waals surface area contributed by atoms with Gasteiger partial charge in [-0.05, 0) is 38.3 Å². The summed E-state index contributed by atoms with van der Waals surface area (Å²) in [6.45, 7) is 2.49. The maximum Gasteiger partial charge on any atom is 0.227 e. The molecule has 118 valence electrons. The van der Waals surface area contributed by atoms with Crippen LogP contribution in [0.3, 0.4) is 0 Å². The molecule has 1 saturated carbocycles. The van der Waals surface area contributed by atoms with Crippen molar-refractivity contribution in [2.45, 2.75) is 32.2 Å². The summed E-state index contributed by atoms with van der Waals surface area (Å²) in [5.74, 6) is 1.34. The maximum atomic E-state index is 12.1. The normalized spacial score (nSPS) is 20.5. The largest absolute Gasteiger partial charge is 0.493 e. The van der Waals surface area contributed by atoms with Crippen LogP contribution in [-0.2, 0) is 4.79 Å². The van der Waals surface area contributed by atoms with Gasteiger partial charge in [0, 0.05) is 23.7 Å². The van der Waals surface area contributed by atoms with Gasteiger partial charge in [0.25, 0.3) is 0 Å². The number of anilines is 1. The summed E-state index contributed by atoms with van der Waals surface area (Å²) < 4.78 is 10.7. The van der Waals surface area contributed by atoms with Crippen molar-refractivity contribution in [2.75, 3.05) is 19.0 Å². The predicted molar refractivity (Wildman–Crippen MR) is 85.4 cm³/mol. The van der Waals surface area contributed by atoms with Crippen molar-refractivity contribution in [3.63, 3.8) is 0 Å². The van der Waals surface area contributed by atoms with Crippen LogP contribution in [0.1, 0.15) is 26.2 Å². The highest BCUT2D eigenvalue weighted by atomic mass is 35.5. The van der Waals surface area contributed by atoms with Gasteiger partial charge in [-0.1, -0.05) is 0 Å². The molecule has 3 N–H and O–H groups in total. The Kier molecular flexibility index (Phi) is 6.78. The number of nitrogens with one attached hydrogen (secondary N) is 1. The van der Waals surface area contributed by atoms with Crippen LogP contribution >= 0.6 is 12.4 Å². The molecule has 0 heterocycles. The van der Waals surface area contributed by atoms with Gasteiger partial charge in [-0.25, -0.2) is 0 Å². The summed E-state index contributed by atoms with van der Waals surface area (Å²) in [4.78, 5) is 12.1. The lowest BCUT2D eigenvalue weighted by molar-refractivity contribution is -0.119. The molecule has 1 aliphatic rings. The number of halogens is 1. The summed E-state index contributed by atoms with van der Waals surface area (Å²) in [7, 11) is 1.58. The van der Waals surface area contributed by atoms with Crippen molar-refractivity contribution >= 4 is 24.0 Å². The van der Waals surface area contributed by atoms with Crippen LogP contribution in [0.4, 0.5) is 5.69 Å². The number of amides is 1. The van der Waals surface area contributed by atoms with Crippen LogP contribution in [-0.4, -0.2) is 25.7 Å². The SMILES string of the molecule is CCOc1ccc(NC(=O)C2CCC(N)C2)cc1OC.Cl. The van der Waals surface area contributed by atoms with Gasteiger partial charge in [0.05, 0.1) is 13.7 Å². The Morgan fingerprint density at radius 1 is 1.38 bits per heavy atom. The third kappa shape index (κ3) is 4.51. The van der Waals surface area contributed by atoms with E-state index in [4.69, 9.17) is 15.2 Å². The fourth-order valence-corrected chi connectivity index (χ4v) is 2.52. The molecule has 0 aliphatic heterocycles. The summed E-state index contributed by atoms with van der Waals surface area (Å²) in [5.41, 5.74) is 6.56. The average Bonchev–Trinajstić information content (AvgIpc) is 2.87. The first-order valence-electron chi connectivity index (χ1n) is 7.01. The van der Waals surface area contributed by atoms with Crippen LogP contribution < -0.4 is 20.5 Å². The van der Waals surface area contributed by atoms with Gasteiger partial charge >= 0.3 is 0 Å². The Hall–Kier alpha value is -1.46. The van der Waals surface area contributed by atoms with E-state index in [-0.39, 0.29) is 30.3 Å². The van der Waals surface area contributed by atoms with Gasteiger partial charge in [-0.2, -0.15) is 0 Å². The number of carbonyl (C=O) groups excluding carboxylic acids is 1. The van der Waals surface area contributed by atoms with Gasteiger partial charge < -0.3 is 20.5 Å². The van der Waals surface area contributed by atoms with Crippen LogP contribution in [0.25, 0.3) is 0 Å². The molecule has 1 aromatic rings. The van der Waals surface area contributed by atoms with Crippen molar-refractivity contribution in [3.05, 3.63) is 18.2 Å². The minimum Gasteiger partial charge on any atom is -0.493 e. The Balaban J connectivity index is 0.00000220. The van der Waals surface area contributed by atoms with Crippen molar-refractivity contribution in [2.24, 2.45) is 11.7 Å². The van der Waals surface area contributed by atoms with Crippen LogP contribution in [0.5, 0.6) is 11.5 Å². The first-order valence-corrected chi connectivity index (χ1v) is 7.01. The first kappa shape index (κ1) is 17.6. The Bertz CT molecular complexity index is 482. The molecule has 2 atom stereocenters. The third-order valence-electron chi connectivity index (χ3n) is 3.57. The second kappa shape index (κ2) is 8.10. The number of benzene rings is 1. The molecule has 1 amide bonds. The summed E-state index contributed by atoms with van der Waals surface area (Å²) in [6.07, 6.45) is 2.55. The fourth-order valence-electron chi connectivity index (χ4n) is 2.52. The number of ether oxygens (including phenoxy) is 2. The minimum atomic E-state index is 0. The van der Waals surface area contributed by atoms with Crippen LogP contribution in [0, 0.1) is 5.92 Å². The summed E-state index contributed by atoms with van der Waals surface area (Å²) in [6, 6.07) is 5.55. The first-order chi connectivity index (χ1) is 9.63. The molecule has 0 spiro atoms. The summed E-state index contributed by atoms with van der Waals surface area (Å²) >= 11 is 0. The molecular weight excluding hydrogens is 292 g/mol. The molecule has 0 bridgehead atoms. The second-order valence-corrected chi connectivity index (χ2v) is 5.06. The summed E-state index contributed by atoms with van der Waals surface area (Å²) in [5, 5.41) is 2.92. The highest BCUT2D eigenvalue weighted by molar-refractivity contribution is 5.93. The van der Waals surface area contributed by atoms with Crippen molar-refractivity contribution in [3.8, 4) is 11.5 Å². The number of carbonyl (C=O) groups is 1. The van der Waals surface area contributed by atoms with E-state index in [1.54, 1.807) is 19.2 Å². The van der Waals surface area contributed by atoms with E-state index >= 15 is 0 Å². The van der Waals surface area contributed by atoms with Gasteiger partial charge in [0.1, 0.15) is 0 Å². The standard InChI is InChI=1S/C15H22N2O3.ClH/c1-3-20-13-7-6-12(9-14(13)19-2)17-15(18)10-4-5-11(16)8-10;/h6-7,9-11H,3-5,8,16H2,1-2H3,(H,17,18);1H. The molecule has 1 fully saturated rings. The van der Waals surface area contributed by atoms with Crippen LogP contribution in [0.2, 0.25) is 0 Å². The topological polar surface area (TPSA) is 73.6 Å². The Morgan fingerprint density at radius 2 is 2.14 bits per heavy atom. The molecule has 1 aliphatic carbocycles. The van der Waals surface area contributed by atoms with Crippen molar-refractivity contribution < 1.29 is 14.3 Å². The highest BCUT2D eigenvalue weighted by Gasteiger charge is 2.27. The Labute approximate surface area is 131 Å². The minimum absolute atomic E-state index is 0. The van der Waals surface area contributed by atoms with Crippen LogP contribution in [0.15, 0.2) is 18.2 Å². The monoisotopic (exact) mass is 314 g/mol. The number of nitrogens with two attached hydrogens (primary N) is 1. The average molecular weight is 315 g/mol.